The van der Waals surface area contributed by atoms with E-state index in [1.165, 1.54) is 0 Å². The van der Waals surface area contributed by atoms with Gasteiger partial charge in [0.15, 0.2) is 0 Å². The standard InChI is InChI=1S/C20H26N4/c1-6-13(2)11-18-14(3)19(17(12-21)20(22)23-18)15-7-9-16(10-8-15)24(4)5/h7-10,13H,6,11H2,1-5H3,(H2,22,23)/t13-/m1/s1. The largest absolute Gasteiger partial charge is 0.383 e. The molecular weight excluding hydrogens is 296 g/mol. The molecular formula is C20H26N4. The van der Waals surface area contributed by atoms with E-state index in [2.05, 4.69) is 41.9 Å². The van der Waals surface area contributed by atoms with Gasteiger partial charge in [-0.1, -0.05) is 32.4 Å². The van der Waals surface area contributed by atoms with Crippen LogP contribution in [0.15, 0.2) is 24.3 Å². The number of nitrogens with zero attached hydrogens (tertiary/aromatic N) is 3. The number of pyridine rings is 1. The van der Waals surface area contributed by atoms with E-state index in [9.17, 15) is 5.26 Å². The fourth-order valence-electron chi connectivity index (χ4n) is 2.82. The van der Waals surface area contributed by atoms with Gasteiger partial charge in [-0.25, -0.2) is 4.98 Å². The summed E-state index contributed by atoms with van der Waals surface area (Å²) in [5.74, 6) is 0.862. The second-order valence-corrected chi connectivity index (χ2v) is 6.59. The van der Waals surface area contributed by atoms with Crippen LogP contribution in [-0.4, -0.2) is 19.1 Å². The second kappa shape index (κ2) is 7.35. The molecule has 126 valence electrons. The Morgan fingerprint density at radius 3 is 2.38 bits per heavy atom. The van der Waals surface area contributed by atoms with Gasteiger partial charge in [-0.2, -0.15) is 5.26 Å². The van der Waals surface area contributed by atoms with Gasteiger partial charge >= 0.3 is 0 Å². The summed E-state index contributed by atoms with van der Waals surface area (Å²) in [4.78, 5) is 6.56. The summed E-state index contributed by atoms with van der Waals surface area (Å²) in [6.45, 7) is 6.43. The Morgan fingerprint density at radius 2 is 1.88 bits per heavy atom. The topological polar surface area (TPSA) is 65.9 Å². The van der Waals surface area contributed by atoms with Crippen LogP contribution in [0.3, 0.4) is 0 Å². The first-order valence-electron chi connectivity index (χ1n) is 8.35. The van der Waals surface area contributed by atoms with E-state index < -0.39 is 0 Å². The number of nitrogens with two attached hydrogens (primary N) is 1. The molecule has 0 radical (unpaired) electrons. The first kappa shape index (κ1) is 17.8. The maximum atomic E-state index is 9.57. The van der Waals surface area contributed by atoms with Crippen molar-refractivity contribution in [3.05, 3.63) is 41.1 Å². The monoisotopic (exact) mass is 322 g/mol. The van der Waals surface area contributed by atoms with Crippen LogP contribution >= 0.6 is 0 Å². The van der Waals surface area contributed by atoms with Crippen LogP contribution in [0.1, 0.15) is 37.1 Å². The van der Waals surface area contributed by atoms with Crippen molar-refractivity contribution in [2.24, 2.45) is 5.92 Å². The Balaban J connectivity index is 2.60. The van der Waals surface area contributed by atoms with Gasteiger partial charge in [-0.3, -0.25) is 0 Å². The highest BCUT2D eigenvalue weighted by Gasteiger charge is 2.18. The van der Waals surface area contributed by atoms with Crippen molar-refractivity contribution in [3.63, 3.8) is 0 Å². The van der Waals surface area contributed by atoms with Crippen molar-refractivity contribution in [3.8, 4) is 17.2 Å². The van der Waals surface area contributed by atoms with Gasteiger partial charge in [0.2, 0.25) is 0 Å². The SMILES string of the molecule is CC[C@@H](C)Cc1nc(N)c(C#N)c(-c2ccc(N(C)C)cc2)c1C. The molecule has 0 bridgehead atoms. The molecule has 0 saturated carbocycles. The zero-order valence-electron chi connectivity index (χ0n) is 15.2. The lowest BCUT2D eigenvalue weighted by molar-refractivity contribution is 0.551. The first-order valence-corrected chi connectivity index (χ1v) is 8.35. The zero-order valence-corrected chi connectivity index (χ0v) is 15.2. The van der Waals surface area contributed by atoms with Gasteiger partial charge in [0, 0.05) is 31.0 Å². The number of nitrogen functional groups attached to an aromatic ring is 1. The quantitative estimate of drug-likeness (QED) is 0.897. The average Bonchev–Trinajstić information content (AvgIpc) is 2.57. The van der Waals surface area contributed by atoms with Gasteiger partial charge in [0.1, 0.15) is 17.5 Å². The lowest BCUT2D eigenvalue weighted by Gasteiger charge is -2.18. The number of anilines is 2. The van der Waals surface area contributed by atoms with Crippen molar-refractivity contribution in [2.75, 3.05) is 24.7 Å². The summed E-state index contributed by atoms with van der Waals surface area (Å²) in [6.07, 6.45) is 1.97. The molecule has 1 heterocycles. The summed E-state index contributed by atoms with van der Waals surface area (Å²) >= 11 is 0. The molecule has 4 heteroatoms. The van der Waals surface area contributed by atoms with E-state index in [1.807, 2.05) is 33.2 Å². The minimum Gasteiger partial charge on any atom is -0.383 e. The van der Waals surface area contributed by atoms with Crippen LogP contribution in [0.25, 0.3) is 11.1 Å². The minimum atomic E-state index is 0.327. The third-order valence-electron chi connectivity index (χ3n) is 4.59. The van der Waals surface area contributed by atoms with E-state index in [-0.39, 0.29) is 0 Å². The molecule has 0 fully saturated rings. The van der Waals surface area contributed by atoms with E-state index in [1.54, 1.807) is 0 Å². The molecule has 1 aromatic heterocycles. The summed E-state index contributed by atoms with van der Waals surface area (Å²) < 4.78 is 0. The smallest absolute Gasteiger partial charge is 0.142 e. The molecule has 0 aliphatic rings. The summed E-state index contributed by atoms with van der Waals surface area (Å²) in [5, 5.41) is 9.57. The molecule has 0 aliphatic carbocycles. The summed E-state index contributed by atoms with van der Waals surface area (Å²) in [6, 6.07) is 10.4. The molecule has 0 spiro atoms. The molecule has 4 nitrogen and oxygen atoms in total. The first-order chi connectivity index (χ1) is 11.4. The number of hydrogen-bond donors (Lipinski definition) is 1. The summed E-state index contributed by atoms with van der Waals surface area (Å²) in [5.41, 5.74) is 11.7. The van der Waals surface area contributed by atoms with E-state index >= 15 is 0 Å². The third kappa shape index (κ3) is 3.51. The number of hydrogen-bond acceptors (Lipinski definition) is 4. The Bertz CT molecular complexity index is 755. The van der Waals surface area contributed by atoms with Crippen LogP contribution in [0.2, 0.25) is 0 Å². The highest BCUT2D eigenvalue weighted by molar-refractivity contribution is 5.79. The van der Waals surface area contributed by atoms with Crippen molar-refractivity contribution in [1.82, 2.24) is 4.98 Å². The van der Waals surface area contributed by atoms with Crippen LogP contribution in [-0.2, 0) is 6.42 Å². The lowest BCUT2D eigenvalue weighted by Crippen LogP contribution is -2.09. The maximum Gasteiger partial charge on any atom is 0.142 e. The predicted octanol–water partition coefficient (Wildman–Crippen LogP) is 4.17. The molecule has 0 aliphatic heterocycles. The van der Waals surface area contributed by atoms with Gasteiger partial charge < -0.3 is 10.6 Å². The molecule has 24 heavy (non-hydrogen) atoms. The minimum absolute atomic E-state index is 0.327. The molecule has 2 N–H and O–H groups in total. The van der Waals surface area contributed by atoms with Crippen LogP contribution in [0.4, 0.5) is 11.5 Å². The number of rotatable bonds is 5. The normalized spacial score (nSPS) is 11.8. The van der Waals surface area contributed by atoms with Gasteiger partial charge in [-0.15, -0.1) is 0 Å². The predicted molar refractivity (Wildman–Crippen MR) is 101 cm³/mol. The molecule has 2 aromatic rings. The Morgan fingerprint density at radius 1 is 1.25 bits per heavy atom. The highest BCUT2D eigenvalue weighted by Crippen LogP contribution is 2.33. The van der Waals surface area contributed by atoms with Gasteiger partial charge in [0.25, 0.3) is 0 Å². The highest BCUT2D eigenvalue weighted by atomic mass is 15.1. The van der Waals surface area contributed by atoms with Crippen LogP contribution < -0.4 is 10.6 Å². The van der Waals surface area contributed by atoms with Crippen molar-refractivity contribution < 1.29 is 0 Å². The van der Waals surface area contributed by atoms with Crippen LogP contribution in [0, 0.1) is 24.2 Å². The van der Waals surface area contributed by atoms with E-state index in [0.29, 0.717) is 17.3 Å². The maximum absolute atomic E-state index is 9.57. The lowest BCUT2D eigenvalue weighted by atomic mass is 9.91. The summed E-state index contributed by atoms with van der Waals surface area (Å²) in [7, 11) is 4.02. The molecule has 0 unspecified atom stereocenters. The molecule has 2 rings (SSSR count). The van der Waals surface area contributed by atoms with Gasteiger partial charge in [-0.05, 0) is 42.5 Å². The Hall–Kier alpha value is -2.54. The molecule has 1 aromatic carbocycles. The fraction of sp³-hybridized carbons (Fsp3) is 0.400. The third-order valence-corrected chi connectivity index (χ3v) is 4.59. The van der Waals surface area contributed by atoms with Crippen LogP contribution in [0.5, 0.6) is 0 Å². The van der Waals surface area contributed by atoms with Crippen molar-refractivity contribution in [2.45, 2.75) is 33.6 Å². The molecule has 0 amide bonds. The second-order valence-electron chi connectivity index (χ2n) is 6.59. The van der Waals surface area contributed by atoms with Gasteiger partial charge in [0.05, 0.1) is 0 Å². The number of benzene rings is 1. The van der Waals surface area contributed by atoms with Crippen molar-refractivity contribution in [1.29, 1.82) is 5.26 Å². The van der Waals surface area contributed by atoms with Crippen molar-refractivity contribution >= 4 is 11.5 Å². The Labute approximate surface area is 144 Å². The number of aromatic nitrogens is 1. The average molecular weight is 322 g/mol. The molecule has 0 saturated heterocycles. The zero-order chi connectivity index (χ0) is 17.9. The van der Waals surface area contributed by atoms with E-state index in [4.69, 9.17) is 5.73 Å². The van der Waals surface area contributed by atoms with E-state index in [0.717, 1.165) is 40.9 Å². The Kier molecular flexibility index (Phi) is 5.46. The fourth-order valence-corrected chi connectivity index (χ4v) is 2.82. The number of nitriles is 1. The molecule has 1 atom stereocenters.